The van der Waals surface area contributed by atoms with E-state index in [1.165, 1.54) is 18.2 Å². The monoisotopic (exact) mass is 174 g/mol. The number of benzene rings is 1. The standard InChI is InChI=1S/C10H7FN2/c11-10-4-3-9(7-13)8(6-10)2-1-5-12/h3-4,6H,5,12H2. The van der Waals surface area contributed by atoms with Gasteiger partial charge in [-0.3, -0.25) is 0 Å². The van der Waals surface area contributed by atoms with Crippen molar-refractivity contribution in [3.63, 3.8) is 0 Å². The van der Waals surface area contributed by atoms with Crippen molar-refractivity contribution in [1.29, 1.82) is 5.26 Å². The molecule has 3 heteroatoms. The molecule has 13 heavy (non-hydrogen) atoms. The predicted molar refractivity (Wildman–Crippen MR) is 47.0 cm³/mol. The van der Waals surface area contributed by atoms with Crippen LogP contribution in [-0.2, 0) is 0 Å². The summed E-state index contributed by atoms with van der Waals surface area (Å²) in [6, 6.07) is 5.77. The Morgan fingerprint density at radius 2 is 2.15 bits per heavy atom. The van der Waals surface area contributed by atoms with Gasteiger partial charge in [0.25, 0.3) is 0 Å². The Hall–Kier alpha value is -1.84. The minimum absolute atomic E-state index is 0.196. The second-order valence-corrected chi connectivity index (χ2v) is 2.31. The lowest BCUT2D eigenvalue weighted by Gasteiger charge is -1.94. The highest BCUT2D eigenvalue weighted by molar-refractivity contribution is 5.48. The third-order valence-electron chi connectivity index (χ3n) is 1.43. The zero-order valence-corrected chi connectivity index (χ0v) is 6.84. The molecule has 0 amide bonds. The van der Waals surface area contributed by atoms with Crippen molar-refractivity contribution >= 4 is 0 Å². The van der Waals surface area contributed by atoms with Gasteiger partial charge in [0.1, 0.15) is 11.9 Å². The fourth-order valence-corrected chi connectivity index (χ4v) is 0.864. The van der Waals surface area contributed by atoms with Gasteiger partial charge in [0.15, 0.2) is 0 Å². The van der Waals surface area contributed by atoms with Crippen LogP contribution in [0.2, 0.25) is 0 Å². The lowest BCUT2D eigenvalue weighted by molar-refractivity contribution is 0.627. The van der Waals surface area contributed by atoms with E-state index in [4.69, 9.17) is 11.0 Å². The summed E-state index contributed by atoms with van der Waals surface area (Å²) in [4.78, 5) is 0. The van der Waals surface area contributed by atoms with Crippen LogP contribution in [0.25, 0.3) is 0 Å². The molecule has 1 rings (SSSR count). The summed E-state index contributed by atoms with van der Waals surface area (Å²) in [5, 5.41) is 8.64. The fourth-order valence-electron chi connectivity index (χ4n) is 0.864. The van der Waals surface area contributed by atoms with Crippen LogP contribution in [-0.4, -0.2) is 6.54 Å². The summed E-state index contributed by atoms with van der Waals surface area (Å²) < 4.78 is 12.7. The molecule has 0 heterocycles. The van der Waals surface area contributed by atoms with E-state index in [9.17, 15) is 4.39 Å². The van der Waals surface area contributed by atoms with Gasteiger partial charge in [-0.05, 0) is 18.2 Å². The Kier molecular flexibility index (Phi) is 3.03. The molecule has 0 saturated carbocycles. The lowest BCUT2D eigenvalue weighted by Crippen LogP contribution is -1.94. The predicted octanol–water partition coefficient (Wildman–Crippen LogP) is 1.01. The van der Waals surface area contributed by atoms with Gasteiger partial charge in [0, 0.05) is 5.56 Å². The quantitative estimate of drug-likeness (QED) is 0.596. The molecular weight excluding hydrogens is 167 g/mol. The van der Waals surface area contributed by atoms with Gasteiger partial charge < -0.3 is 5.73 Å². The topological polar surface area (TPSA) is 49.8 Å². The summed E-state index contributed by atoms with van der Waals surface area (Å²) in [6.07, 6.45) is 0. The van der Waals surface area contributed by atoms with Crippen molar-refractivity contribution in [2.45, 2.75) is 0 Å². The van der Waals surface area contributed by atoms with Crippen LogP contribution < -0.4 is 5.73 Å². The van der Waals surface area contributed by atoms with Gasteiger partial charge >= 0.3 is 0 Å². The molecule has 1 aromatic carbocycles. The van der Waals surface area contributed by atoms with Gasteiger partial charge in [0.2, 0.25) is 0 Å². The average molecular weight is 174 g/mol. The molecule has 2 nitrogen and oxygen atoms in total. The van der Waals surface area contributed by atoms with Crippen molar-refractivity contribution in [3.05, 3.63) is 35.1 Å². The highest BCUT2D eigenvalue weighted by Crippen LogP contribution is 2.08. The lowest BCUT2D eigenvalue weighted by atomic mass is 10.1. The normalized spacial score (nSPS) is 8.38. The van der Waals surface area contributed by atoms with Crippen LogP contribution in [0.4, 0.5) is 4.39 Å². The van der Waals surface area contributed by atoms with Gasteiger partial charge in [-0.25, -0.2) is 4.39 Å². The smallest absolute Gasteiger partial charge is 0.124 e. The Morgan fingerprint density at radius 3 is 2.77 bits per heavy atom. The summed E-state index contributed by atoms with van der Waals surface area (Å²) in [5.74, 6) is 4.79. The van der Waals surface area contributed by atoms with Crippen molar-refractivity contribution < 1.29 is 4.39 Å². The van der Waals surface area contributed by atoms with Crippen LogP contribution in [0, 0.1) is 29.0 Å². The first kappa shape index (κ1) is 9.25. The van der Waals surface area contributed by atoms with E-state index in [0.29, 0.717) is 11.1 Å². The molecule has 0 aromatic heterocycles. The van der Waals surface area contributed by atoms with E-state index in [2.05, 4.69) is 11.8 Å². The highest BCUT2D eigenvalue weighted by Gasteiger charge is 1.99. The zero-order valence-electron chi connectivity index (χ0n) is 6.84. The van der Waals surface area contributed by atoms with Crippen molar-refractivity contribution in [3.8, 4) is 17.9 Å². The highest BCUT2D eigenvalue weighted by atomic mass is 19.1. The minimum atomic E-state index is -0.402. The average Bonchev–Trinajstić information content (AvgIpc) is 2.15. The molecule has 2 N–H and O–H groups in total. The first-order chi connectivity index (χ1) is 6.27. The third kappa shape index (κ3) is 2.30. The largest absolute Gasteiger partial charge is 0.320 e. The Labute approximate surface area is 75.8 Å². The summed E-state index contributed by atoms with van der Waals surface area (Å²) in [5.41, 5.74) is 5.90. The zero-order chi connectivity index (χ0) is 9.68. The van der Waals surface area contributed by atoms with Gasteiger partial charge in [-0.1, -0.05) is 11.8 Å². The minimum Gasteiger partial charge on any atom is -0.320 e. The van der Waals surface area contributed by atoms with Crippen LogP contribution in [0.1, 0.15) is 11.1 Å². The number of nitriles is 1. The summed E-state index contributed by atoms with van der Waals surface area (Å²) in [7, 11) is 0. The van der Waals surface area contributed by atoms with E-state index in [-0.39, 0.29) is 6.54 Å². The fraction of sp³-hybridized carbons (Fsp3) is 0.100. The molecule has 0 fully saturated rings. The Morgan fingerprint density at radius 1 is 1.38 bits per heavy atom. The van der Waals surface area contributed by atoms with E-state index in [0.717, 1.165) is 0 Å². The number of halogens is 1. The molecule has 0 atom stereocenters. The van der Waals surface area contributed by atoms with Gasteiger partial charge in [0.05, 0.1) is 12.1 Å². The number of hydrogen-bond acceptors (Lipinski definition) is 2. The van der Waals surface area contributed by atoms with Crippen LogP contribution in [0.3, 0.4) is 0 Å². The molecule has 0 aliphatic heterocycles. The van der Waals surface area contributed by atoms with E-state index < -0.39 is 5.82 Å². The molecule has 0 unspecified atom stereocenters. The summed E-state index contributed by atoms with van der Waals surface area (Å²) >= 11 is 0. The molecular formula is C10H7FN2. The molecule has 0 spiro atoms. The number of hydrogen-bond donors (Lipinski definition) is 1. The summed E-state index contributed by atoms with van der Waals surface area (Å²) in [6.45, 7) is 0.196. The number of rotatable bonds is 0. The Bertz CT molecular complexity index is 407. The number of nitrogens with zero attached hydrogens (tertiary/aromatic N) is 1. The maximum atomic E-state index is 12.7. The van der Waals surface area contributed by atoms with Crippen molar-refractivity contribution in [2.24, 2.45) is 5.73 Å². The molecule has 64 valence electrons. The van der Waals surface area contributed by atoms with E-state index in [1.807, 2.05) is 6.07 Å². The van der Waals surface area contributed by atoms with Crippen molar-refractivity contribution in [1.82, 2.24) is 0 Å². The third-order valence-corrected chi connectivity index (χ3v) is 1.43. The second-order valence-electron chi connectivity index (χ2n) is 2.31. The molecule has 0 aliphatic carbocycles. The van der Waals surface area contributed by atoms with Crippen molar-refractivity contribution in [2.75, 3.05) is 6.54 Å². The molecule has 0 radical (unpaired) electrons. The van der Waals surface area contributed by atoms with Crippen LogP contribution >= 0.6 is 0 Å². The van der Waals surface area contributed by atoms with Gasteiger partial charge in [-0.2, -0.15) is 5.26 Å². The van der Waals surface area contributed by atoms with E-state index in [1.54, 1.807) is 0 Å². The van der Waals surface area contributed by atoms with Crippen LogP contribution in [0.15, 0.2) is 18.2 Å². The first-order valence-corrected chi connectivity index (χ1v) is 3.66. The maximum Gasteiger partial charge on any atom is 0.124 e. The second kappa shape index (κ2) is 4.25. The van der Waals surface area contributed by atoms with Crippen LogP contribution in [0.5, 0.6) is 0 Å². The van der Waals surface area contributed by atoms with E-state index >= 15 is 0 Å². The maximum absolute atomic E-state index is 12.7. The SMILES string of the molecule is N#Cc1ccc(F)cc1C#CCN. The molecule has 0 aliphatic rings. The first-order valence-electron chi connectivity index (χ1n) is 3.66. The molecule has 0 bridgehead atoms. The molecule has 1 aromatic rings. The number of nitrogens with two attached hydrogens (primary N) is 1. The molecule has 0 saturated heterocycles. The Balaban J connectivity index is 3.18. The van der Waals surface area contributed by atoms with Gasteiger partial charge in [-0.15, -0.1) is 0 Å².